The first-order valence-corrected chi connectivity index (χ1v) is 11.9. The molecule has 1 N–H and O–H groups in total. The molecule has 7 heteroatoms. The van der Waals surface area contributed by atoms with Crippen molar-refractivity contribution in [3.8, 4) is 5.69 Å². The Morgan fingerprint density at radius 2 is 1.73 bits per heavy atom. The average molecular weight is 478 g/mol. The van der Waals surface area contributed by atoms with Gasteiger partial charge in [-0.1, -0.05) is 59.3 Å². The van der Waals surface area contributed by atoms with E-state index in [1.54, 1.807) is 28.8 Å². The summed E-state index contributed by atoms with van der Waals surface area (Å²) < 4.78 is 1.55. The summed E-state index contributed by atoms with van der Waals surface area (Å²) in [5, 5.41) is 4.53. The molecule has 4 rings (SSSR count). The number of amides is 1. The molecule has 33 heavy (non-hydrogen) atoms. The fourth-order valence-corrected chi connectivity index (χ4v) is 4.92. The molecule has 0 saturated heterocycles. The van der Waals surface area contributed by atoms with Crippen molar-refractivity contribution in [1.82, 2.24) is 9.55 Å². The van der Waals surface area contributed by atoms with Crippen molar-refractivity contribution in [2.75, 3.05) is 11.1 Å². The first kappa shape index (κ1) is 23.1. The third kappa shape index (κ3) is 4.68. The molecule has 168 valence electrons. The molecule has 1 heterocycles. The van der Waals surface area contributed by atoms with Gasteiger partial charge >= 0.3 is 0 Å². The smallest absolute Gasteiger partial charge is 0.266 e. The van der Waals surface area contributed by atoms with E-state index in [-0.39, 0.29) is 17.2 Å². The molecule has 0 aliphatic heterocycles. The van der Waals surface area contributed by atoms with Crippen LogP contribution in [0, 0.1) is 27.7 Å². The average Bonchev–Trinajstić information content (AvgIpc) is 2.77. The zero-order valence-electron chi connectivity index (χ0n) is 18.9. The number of thioether (sulfide) groups is 1. The number of rotatable bonds is 5. The van der Waals surface area contributed by atoms with Crippen molar-refractivity contribution in [3.05, 3.63) is 92.2 Å². The maximum absolute atomic E-state index is 13.4. The predicted octanol–water partition coefficient (Wildman–Crippen LogP) is 6.00. The second-order valence-corrected chi connectivity index (χ2v) is 9.40. The van der Waals surface area contributed by atoms with Crippen LogP contribution in [0.2, 0.25) is 5.02 Å². The van der Waals surface area contributed by atoms with E-state index in [0.717, 1.165) is 27.9 Å². The van der Waals surface area contributed by atoms with Crippen LogP contribution in [-0.4, -0.2) is 21.2 Å². The second-order valence-electron chi connectivity index (χ2n) is 8.05. The van der Waals surface area contributed by atoms with E-state index in [0.29, 0.717) is 26.8 Å². The number of carbonyl (C=O) groups is 1. The molecular weight excluding hydrogens is 454 g/mol. The fourth-order valence-electron chi connectivity index (χ4n) is 3.94. The molecule has 4 aromatic rings. The third-order valence-electron chi connectivity index (χ3n) is 5.50. The Labute approximate surface area is 201 Å². The lowest BCUT2D eigenvalue weighted by atomic mass is 10.1. The number of para-hydroxylation sites is 1. The molecule has 0 bridgehead atoms. The quantitative estimate of drug-likeness (QED) is 0.282. The lowest BCUT2D eigenvalue weighted by molar-refractivity contribution is -0.113. The molecule has 0 fully saturated rings. The van der Waals surface area contributed by atoms with Crippen LogP contribution in [-0.2, 0) is 4.79 Å². The number of hydrogen-bond donors (Lipinski definition) is 1. The molecule has 0 aliphatic rings. The maximum atomic E-state index is 13.4. The summed E-state index contributed by atoms with van der Waals surface area (Å²) in [6, 6.07) is 16.7. The van der Waals surface area contributed by atoms with Crippen molar-refractivity contribution in [2.45, 2.75) is 32.9 Å². The molecule has 1 amide bonds. The number of fused-ring (bicyclic) bond motifs is 1. The van der Waals surface area contributed by atoms with E-state index < -0.39 is 0 Å². The summed E-state index contributed by atoms with van der Waals surface area (Å²) in [4.78, 5) is 31.0. The number of benzene rings is 3. The summed E-state index contributed by atoms with van der Waals surface area (Å²) in [6.45, 7) is 7.85. The van der Waals surface area contributed by atoms with Gasteiger partial charge in [-0.2, -0.15) is 0 Å². The Morgan fingerprint density at radius 1 is 1.03 bits per heavy atom. The molecule has 3 aromatic carbocycles. The molecule has 0 unspecified atom stereocenters. The lowest BCUT2D eigenvalue weighted by Gasteiger charge is -2.16. The van der Waals surface area contributed by atoms with Crippen LogP contribution in [0.4, 0.5) is 5.69 Å². The largest absolute Gasteiger partial charge is 0.325 e. The number of carbonyl (C=O) groups excluding carboxylic acids is 1. The zero-order valence-corrected chi connectivity index (χ0v) is 20.5. The summed E-state index contributed by atoms with van der Waals surface area (Å²) in [7, 11) is 0. The second kappa shape index (κ2) is 9.41. The van der Waals surface area contributed by atoms with Crippen molar-refractivity contribution < 1.29 is 4.79 Å². The van der Waals surface area contributed by atoms with Crippen molar-refractivity contribution in [2.24, 2.45) is 0 Å². The van der Waals surface area contributed by atoms with Crippen LogP contribution in [0.5, 0.6) is 0 Å². The molecular formula is C26H24ClN3O2S. The highest BCUT2D eigenvalue weighted by Crippen LogP contribution is 2.27. The van der Waals surface area contributed by atoms with Gasteiger partial charge in [0.05, 0.1) is 22.3 Å². The number of anilines is 1. The predicted molar refractivity (Wildman–Crippen MR) is 137 cm³/mol. The summed E-state index contributed by atoms with van der Waals surface area (Å²) >= 11 is 7.56. The van der Waals surface area contributed by atoms with Gasteiger partial charge in [-0.25, -0.2) is 4.98 Å². The van der Waals surface area contributed by atoms with Crippen LogP contribution in [0.3, 0.4) is 0 Å². The molecule has 1 aromatic heterocycles. The maximum Gasteiger partial charge on any atom is 0.266 e. The van der Waals surface area contributed by atoms with Crippen LogP contribution >= 0.6 is 23.4 Å². The van der Waals surface area contributed by atoms with Crippen LogP contribution in [0.1, 0.15) is 22.3 Å². The molecule has 0 spiro atoms. The molecule has 0 radical (unpaired) electrons. The van der Waals surface area contributed by atoms with E-state index in [4.69, 9.17) is 16.6 Å². The van der Waals surface area contributed by atoms with E-state index >= 15 is 0 Å². The van der Waals surface area contributed by atoms with Gasteiger partial charge in [-0.05, 0) is 68.7 Å². The van der Waals surface area contributed by atoms with E-state index in [1.807, 2.05) is 58.0 Å². The van der Waals surface area contributed by atoms with Gasteiger partial charge in [-0.3, -0.25) is 14.2 Å². The van der Waals surface area contributed by atoms with Crippen molar-refractivity contribution >= 4 is 45.9 Å². The summed E-state index contributed by atoms with van der Waals surface area (Å²) in [5.41, 5.74) is 5.82. The van der Waals surface area contributed by atoms with Crippen LogP contribution in [0.15, 0.2) is 64.5 Å². The Kier molecular flexibility index (Phi) is 6.58. The van der Waals surface area contributed by atoms with Crippen LogP contribution < -0.4 is 10.9 Å². The number of nitrogens with one attached hydrogen (secondary N) is 1. The minimum atomic E-state index is -0.195. The lowest BCUT2D eigenvalue weighted by Crippen LogP contribution is -2.23. The number of halogens is 1. The van der Waals surface area contributed by atoms with Crippen LogP contribution in [0.25, 0.3) is 16.6 Å². The number of aromatic nitrogens is 2. The van der Waals surface area contributed by atoms with Gasteiger partial charge in [0.1, 0.15) is 0 Å². The van der Waals surface area contributed by atoms with Crippen molar-refractivity contribution in [3.63, 3.8) is 0 Å². The normalized spacial score (nSPS) is 11.1. The van der Waals surface area contributed by atoms with E-state index in [9.17, 15) is 9.59 Å². The summed E-state index contributed by atoms with van der Waals surface area (Å²) in [6.07, 6.45) is 0. The standard InChI is InChI=1S/C26H24ClN3O2S/c1-15-12-16(2)24(17(3)13-15)29-23(31)14-33-26-28-21-10-6-5-8-19(21)25(32)30(26)22-11-7-9-20(27)18(22)4/h5-13H,14H2,1-4H3,(H,29,31). The van der Waals surface area contributed by atoms with E-state index in [2.05, 4.69) is 5.32 Å². The molecule has 0 atom stereocenters. The first-order chi connectivity index (χ1) is 15.8. The van der Waals surface area contributed by atoms with Gasteiger partial charge in [0.15, 0.2) is 5.16 Å². The van der Waals surface area contributed by atoms with Gasteiger partial charge in [0.2, 0.25) is 5.91 Å². The SMILES string of the molecule is Cc1cc(C)c(NC(=O)CSc2nc3ccccc3c(=O)n2-c2cccc(Cl)c2C)c(C)c1. The fraction of sp³-hybridized carbons (Fsp3) is 0.192. The zero-order chi connectivity index (χ0) is 23.7. The number of nitrogens with zero attached hydrogens (tertiary/aromatic N) is 2. The Bertz CT molecular complexity index is 1420. The minimum Gasteiger partial charge on any atom is -0.325 e. The van der Waals surface area contributed by atoms with Gasteiger partial charge in [0, 0.05) is 10.7 Å². The Balaban J connectivity index is 1.71. The number of aryl methyl sites for hydroxylation is 3. The van der Waals surface area contributed by atoms with Gasteiger partial charge < -0.3 is 5.32 Å². The van der Waals surface area contributed by atoms with Gasteiger partial charge in [0.25, 0.3) is 5.56 Å². The minimum absolute atomic E-state index is 0.108. The monoisotopic (exact) mass is 477 g/mol. The number of hydrogen-bond acceptors (Lipinski definition) is 4. The molecule has 5 nitrogen and oxygen atoms in total. The highest BCUT2D eigenvalue weighted by Gasteiger charge is 2.17. The molecule has 0 saturated carbocycles. The summed E-state index contributed by atoms with van der Waals surface area (Å²) in [5.74, 6) is -0.0521. The Morgan fingerprint density at radius 3 is 2.45 bits per heavy atom. The van der Waals surface area contributed by atoms with E-state index in [1.165, 1.54) is 11.8 Å². The topological polar surface area (TPSA) is 64.0 Å². The Hall–Kier alpha value is -3.09. The third-order valence-corrected chi connectivity index (χ3v) is 6.85. The molecule has 0 aliphatic carbocycles. The van der Waals surface area contributed by atoms with Crippen molar-refractivity contribution in [1.29, 1.82) is 0 Å². The first-order valence-electron chi connectivity index (χ1n) is 10.5. The highest BCUT2D eigenvalue weighted by atomic mass is 35.5. The van der Waals surface area contributed by atoms with Gasteiger partial charge in [-0.15, -0.1) is 0 Å². The highest BCUT2D eigenvalue weighted by molar-refractivity contribution is 7.99.